The molecule has 3 atom stereocenters. The van der Waals surface area contributed by atoms with Gasteiger partial charge in [-0.05, 0) is 56.7 Å². The lowest BCUT2D eigenvalue weighted by molar-refractivity contribution is -0.118. The first-order valence-electron chi connectivity index (χ1n) is 10.1. The lowest BCUT2D eigenvalue weighted by Crippen LogP contribution is -2.46. The molecule has 0 saturated carbocycles. The summed E-state index contributed by atoms with van der Waals surface area (Å²) in [6.07, 6.45) is 3.25. The van der Waals surface area contributed by atoms with Crippen LogP contribution in [0.4, 0.5) is 0 Å². The molecule has 5 nitrogen and oxygen atoms in total. The summed E-state index contributed by atoms with van der Waals surface area (Å²) in [6.45, 7) is 12.2. The number of aliphatic hydroxyl groups excluding tert-OH is 1. The number of hydrogen-bond donors (Lipinski definition) is 3. The summed E-state index contributed by atoms with van der Waals surface area (Å²) in [5, 5.41) is 22.9. The minimum atomic E-state index is -0.391. The Labute approximate surface area is 167 Å². The maximum absolute atomic E-state index is 12.6. The van der Waals surface area contributed by atoms with Crippen molar-refractivity contribution in [3.05, 3.63) is 34.9 Å². The van der Waals surface area contributed by atoms with E-state index in [0.29, 0.717) is 18.4 Å². The van der Waals surface area contributed by atoms with Crippen LogP contribution in [0.3, 0.4) is 0 Å². The predicted octanol–water partition coefficient (Wildman–Crippen LogP) is 3.78. The highest BCUT2D eigenvalue weighted by atomic mass is 16.5. The maximum atomic E-state index is 12.6. The smallest absolute Gasteiger partial charge is 0.247 e. The van der Waals surface area contributed by atoms with Gasteiger partial charge in [0.1, 0.15) is 17.1 Å². The van der Waals surface area contributed by atoms with Crippen LogP contribution in [0.5, 0.6) is 11.5 Å². The minimum Gasteiger partial charge on any atom is -0.508 e. The second-order valence-corrected chi connectivity index (χ2v) is 9.80. The number of ether oxygens (including phenoxy) is 1. The van der Waals surface area contributed by atoms with Crippen molar-refractivity contribution in [2.24, 2.45) is 5.92 Å². The summed E-state index contributed by atoms with van der Waals surface area (Å²) >= 11 is 0. The third kappa shape index (κ3) is 3.77. The highest BCUT2D eigenvalue weighted by Gasteiger charge is 2.47. The first-order valence-corrected chi connectivity index (χ1v) is 10.1. The molecule has 0 bridgehead atoms. The van der Waals surface area contributed by atoms with Crippen molar-refractivity contribution >= 4 is 5.91 Å². The molecule has 0 aromatic heterocycles. The summed E-state index contributed by atoms with van der Waals surface area (Å²) in [4.78, 5) is 12.6. The Kier molecular flexibility index (Phi) is 5.26. The average molecular weight is 388 g/mol. The van der Waals surface area contributed by atoms with Gasteiger partial charge in [-0.15, -0.1) is 0 Å². The van der Waals surface area contributed by atoms with Crippen LogP contribution in [-0.2, 0) is 10.2 Å². The van der Waals surface area contributed by atoms with Gasteiger partial charge in [0.05, 0.1) is 6.61 Å². The van der Waals surface area contributed by atoms with E-state index in [1.54, 1.807) is 6.92 Å². The minimum absolute atomic E-state index is 0.0166. The largest absolute Gasteiger partial charge is 0.508 e. The SMILES string of the molecule is C[C@H](CO)NC(=O)C1=CC[C@@H]2[C@@H](C1)c1c(O)cc(C(C)(C)C)cc1OC2(C)C. The van der Waals surface area contributed by atoms with E-state index in [4.69, 9.17) is 4.74 Å². The number of carbonyl (C=O) groups is 1. The number of hydrogen-bond acceptors (Lipinski definition) is 4. The highest BCUT2D eigenvalue weighted by Crippen LogP contribution is 2.54. The molecule has 3 rings (SSSR count). The van der Waals surface area contributed by atoms with Crippen molar-refractivity contribution in [2.45, 2.75) is 77.4 Å². The lowest BCUT2D eigenvalue weighted by atomic mass is 9.66. The molecule has 2 aliphatic rings. The average Bonchev–Trinajstić information content (AvgIpc) is 2.59. The van der Waals surface area contributed by atoms with Crippen LogP contribution < -0.4 is 10.1 Å². The molecule has 0 unspecified atom stereocenters. The summed E-state index contributed by atoms with van der Waals surface area (Å²) in [5.41, 5.74) is 2.06. The van der Waals surface area contributed by atoms with Crippen molar-refractivity contribution in [1.29, 1.82) is 0 Å². The Morgan fingerprint density at radius 2 is 2.04 bits per heavy atom. The Bertz CT molecular complexity index is 804. The van der Waals surface area contributed by atoms with Crippen molar-refractivity contribution < 1.29 is 19.7 Å². The molecule has 5 heteroatoms. The maximum Gasteiger partial charge on any atom is 0.247 e. The van der Waals surface area contributed by atoms with E-state index in [9.17, 15) is 15.0 Å². The number of fused-ring (bicyclic) bond motifs is 3. The van der Waals surface area contributed by atoms with Crippen molar-refractivity contribution in [3.8, 4) is 11.5 Å². The van der Waals surface area contributed by atoms with Gasteiger partial charge >= 0.3 is 0 Å². The topological polar surface area (TPSA) is 78.8 Å². The third-order valence-corrected chi connectivity index (χ3v) is 6.11. The van der Waals surface area contributed by atoms with E-state index in [-0.39, 0.29) is 41.6 Å². The number of rotatable bonds is 3. The number of benzene rings is 1. The number of nitrogens with one attached hydrogen (secondary N) is 1. The summed E-state index contributed by atoms with van der Waals surface area (Å²) < 4.78 is 6.36. The van der Waals surface area contributed by atoms with Crippen LogP contribution in [0.2, 0.25) is 0 Å². The van der Waals surface area contributed by atoms with Crippen molar-refractivity contribution in [1.82, 2.24) is 5.32 Å². The summed E-state index contributed by atoms with van der Waals surface area (Å²) in [6, 6.07) is 3.59. The van der Waals surface area contributed by atoms with Gasteiger partial charge in [0.25, 0.3) is 0 Å². The van der Waals surface area contributed by atoms with Gasteiger partial charge in [0.15, 0.2) is 0 Å². The van der Waals surface area contributed by atoms with E-state index >= 15 is 0 Å². The fourth-order valence-electron chi connectivity index (χ4n) is 4.38. The zero-order valence-corrected chi connectivity index (χ0v) is 17.8. The number of amides is 1. The van der Waals surface area contributed by atoms with E-state index < -0.39 is 5.60 Å². The molecular formula is C23H33NO4. The molecule has 154 valence electrons. The Balaban J connectivity index is 2.00. The normalized spacial score (nSPS) is 24.3. The lowest BCUT2D eigenvalue weighted by Gasteiger charge is -2.47. The Morgan fingerprint density at radius 1 is 1.36 bits per heavy atom. The molecular weight excluding hydrogens is 354 g/mol. The van der Waals surface area contributed by atoms with Crippen LogP contribution in [0.25, 0.3) is 0 Å². The van der Waals surface area contributed by atoms with E-state index in [1.807, 2.05) is 18.2 Å². The van der Waals surface area contributed by atoms with Gasteiger partial charge in [-0.3, -0.25) is 4.79 Å². The zero-order chi connectivity index (χ0) is 20.9. The van der Waals surface area contributed by atoms with E-state index in [1.165, 1.54) is 0 Å². The molecule has 0 fully saturated rings. The Morgan fingerprint density at radius 3 is 2.64 bits per heavy atom. The first-order chi connectivity index (χ1) is 12.9. The van der Waals surface area contributed by atoms with Gasteiger partial charge in [-0.2, -0.15) is 0 Å². The van der Waals surface area contributed by atoms with Gasteiger partial charge in [-0.25, -0.2) is 0 Å². The molecule has 0 saturated heterocycles. The zero-order valence-electron chi connectivity index (χ0n) is 17.8. The van der Waals surface area contributed by atoms with Crippen LogP contribution in [0.15, 0.2) is 23.8 Å². The third-order valence-electron chi connectivity index (χ3n) is 6.11. The number of aromatic hydroxyl groups is 1. The molecule has 1 heterocycles. The van der Waals surface area contributed by atoms with Gasteiger partial charge < -0.3 is 20.3 Å². The molecule has 3 N–H and O–H groups in total. The fraction of sp³-hybridized carbons (Fsp3) is 0.609. The van der Waals surface area contributed by atoms with Crippen molar-refractivity contribution in [3.63, 3.8) is 0 Å². The molecule has 1 amide bonds. The fourth-order valence-corrected chi connectivity index (χ4v) is 4.38. The van der Waals surface area contributed by atoms with Crippen LogP contribution in [-0.4, -0.2) is 34.4 Å². The number of allylic oxidation sites excluding steroid dienone is 1. The van der Waals surface area contributed by atoms with Gasteiger partial charge in [0, 0.05) is 29.0 Å². The van der Waals surface area contributed by atoms with Crippen LogP contribution in [0, 0.1) is 5.92 Å². The van der Waals surface area contributed by atoms with Crippen molar-refractivity contribution in [2.75, 3.05) is 6.61 Å². The predicted molar refractivity (Wildman–Crippen MR) is 110 cm³/mol. The second-order valence-electron chi connectivity index (χ2n) is 9.80. The van der Waals surface area contributed by atoms with Crippen LogP contribution >= 0.6 is 0 Å². The molecule has 0 radical (unpaired) electrons. The molecule has 28 heavy (non-hydrogen) atoms. The molecule has 0 spiro atoms. The number of carbonyl (C=O) groups excluding carboxylic acids is 1. The van der Waals surface area contributed by atoms with E-state index in [2.05, 4.69) is 39.9 Å². The first kappa shape index (κ1) is 20.7. The standard InChI is InChI=1S/C23H33NO4/c1-13(12-25)24-21(27)14-7-8-17-16(9-14)20-18(26)10-15(22(2,3)4)11-19(20)28-23(17,5)6/h7,10-11,13,16-17,25-26H,8-9,12H2,1-6H3,(H,24,27)/t13-,16-,17-/m1/s1. The second kappa shape index (κ2) is 7.11. The number of phenolic OH excluding ortho intramolecular Hbond substituents is 1. The molecule has 1 aromatic rings. The van der Waals surface area contributed by atoms with E-state index in [0.717, 1.165) is 16.9 Å². The van der Waals surface area contributed by atoms with Gasteiger partial charge in [-0.1, -0.05) is 26.8 Å². The Hall–Kier alpha value is -2.01. The van der Waals surface area contributed by atoms with Crippen LogP contribution in [0.1, 0.15) is 71.4 Å². The quantitative estimate of drug-likeness (QED) is 0.738. The molecule has 1 aliphatic carbocycles. The number of phenols is 1. The molecule has 1 aliphatic heterocycles. The number of aliphatic hydroxyl groups is 1. The summed E-state index contributed by atoms with van der Waals surface area (Å²) in [7, 11) is 0. The summed E-state index contributed by atoms with van der Waals surface area (Å²) in [5.74, 6) is 1.03. The monoisotopic (exact) mass is 387 g/mol. The van der Waals surface area contributed by atoms with Gasteiger partial charge in [0.2, 0.25) is 5.91 Å². The highest BCUT2D eigenvalue weighted by molar-refractivity contribution is 5.94. The molecule has 1 aromatic carbocycles.